The minimum absolute atomic E-state index is 0.0619. The lowest BCUT2D eigenvalue weighted by atomic mass is 9.92. The number of aryl methyl sites for hydroxylation is 2. The molecule has 2 aromatic rings. The van der Waals surface area contributed by atoms with Crippen LogP contribution in [0.25, 0.3) is 5.76 Å². The van der Waals surface area contributed by atoms with Crippen molar-refractivity contribution in [3.05, 3.63) is 76.1 Å². The monoisotopic (exact) mass is 395 g/mol. The number of aliphatic hydroxyl groups is 1. The van der Waals surface area contributed by atoms with Crippen LogP contribution in [0.5, 0.6) is 0 Å². The van der Waals surface area contributed by atoms with Crippen molar-refractivity contribution in [1.29, 1.82) is 0 Å². The fourth-order valence-electron chi connectivity index (χ4n) is 3.81. The van der Waals surface area contributed by atoms with E-state index in [-0.39, 0.29) is 11.3 Å². The molecule has 1 aliphatic heterocycles. The summed E-state index contributed by atoms with van der Waals surface area (Å²) in [7, 11) is 0. The molecule has 1 atom stereocenters. The van der Waals surface area contributed by atoms with Gasteiger partial charge in [0.05, 0.1) is 11.6 Å². The summed E-state index contributed by atoms with van der Waals surface area (Å²) in [6, 6.07) is 11.1. The molecule has 1 aliphatic rings. The van der Waals surface area contributed by atoms with Crippen molar-refractivity contribution in [2.24, 2.45) is 0 Å². The van der Waals surface area contributed by atoms with Gasteiger partial charge in [0.25, 0.3) is 11.7 Å². The van der Waals surface area contributed by atoms with Crippen molar-refractivity contribution >= 4 is 17.4 Å². The summed E-state index contributed by atoms with van der Waals surface area (Å²) < 4.78 is 13.7. The summed E-state index contributed by atoms with van der Waals surface area (Å²) in [5, 5.41) is 11.0. The van der Waals surface area contributed by atoms with E-state index >= 15 is 0 Å². The number of hydrogen-bond donors (Lipinski definition) is 1. The van der Waals surface area contributed by atoms with Gasteiger partial charge in [-0.1, -0.05) is 44.0 Å². The first-order chi connectivity index (χ1) is 13.9. The van der Waals surface area contributed by atoms with Gasteiger partial charge in [-0.15, -0.1) is 0 Å². The molecule has 0 bridgehead atoms. The van der Waals surface area contributed by atoms with E-state index in [1.165, 1.54) is 18.2 Å². The molecule has 29 heavy (non-hydrogen) atoms. The van der Waals surface area contributed by atoms with E-state index in [4.69, 9.17) is 0 Å². The topological polar surface area (TPSA) is 57.6 Å². The fraction of sp³-hybridized carbons (Fsp3) is 0.333. The lowest BCUT2D eigenvalue weighted by molar-refractivity contribution is -0.139. The second-order valence-corrected chi connectivity index (χ2v) is 7.52. The highest BCUT2D eigenvalue weighted by molar-refractivity contribution is 6.46. The standard InChI is InChI=1S/C24H26FNO3/c1-4-5-8-13-26-21(18-10-7-6-9-15(18)2)20(23(28)24(26)29)22(27)17-11-12-19(25)16(3)14-17/h6-7,9-12,14,21,27H,4-5,8,13H2,1-3H3/b22-20+. The molecule has 3 rings (SSSR count). The molecule has 1 amide bonds. The molecule has 0 aliphatic carbocycles. The van der Waals surface area contributed by atoms with Crippen molar-refractivity contribution in [1.82, 2.24) is 4.90 Å². The molecule has 1 saturated heterocycles. The largest absolute Gasteiger partial charge is 0.507 e. The number of unbranched alkanes of at least 4 members (excludes halogenated alkanes) is 2. The molecule has 1 unspecified atom stereocenters. The Hall–Kier alpha value is -2.95. The van der Waals surface area contributed by atoms with Crippen LogP contribution in [0, 0.1) is 19.7 Å². The highest BCUT2D eigenvalue weighted by Gasteiger charge is 2.46. The molecule has 152 valence electrons. The Morgan fingerprint density at radius 1 is 1.07 bits per heavy atom. The van der Waals surface area contributed by atoms with Crippen LogP contribution in [0.3, 0.4) is 0 Å². The zero-order valence-electron chi connectivity index (χ0n) is 17.0. The number of Topliss-reactive ketones (excluding diaryl/α,β-unsaturated/α-hetero) is 1. The Bertz CT molecular complexity index is 980. The Morgan fingerprint density at radius 2 is 1.79 bits per heavy atom. The van der Waals surface area contributed by atoms with Crippen LogP contribution in [0.1, 0.15) is 54.5 Å². The van der Waals surface area contributed by atoms with Gasteiger partial charge in [0, 0.05) is 12.1 Å². The maximum Gasteiger partial charge on any atom is 0.295 e. The average Bonchev–Trinajstić information content (AvgIpc) is 2.95. The van der Waals surface area contributed by atoms with Gasteiger partial charge >= 0.3 is 0 Å². The SMILES string of the molecule is CCCCCN1C(=O)C(=O)/C(=C(/O)c2ccc(F)c(C)c2)C1c1ccccc1C. The molecule has 1 fully saturated rings. The molecule has 1 N–H and O–H groups in total. The third-order valence-electron chi connectivity index (χ3n) is 5.46. The first kappa shape index (κ1) is 20.8. The third kappa shape index (κ3) is 3.95. The average molecular weight is 395 g/mol. The van der Waals surface area contributed by atoms with Crippen molar-refractivity contribution in [2.75, 3.05) is 6.54 Å². The van der Waals surface area contributed by atoms with Gasteiger partial charge in [-0.3, -0.25) is 9.59 Å². The molecule has 5 heteroatoms. The van der Waals surface area contributed by atoms with E-state index in [0.29, 0.717) is 17.7 Å². The summed E-state index contributed by atoms with van der Waals surface area (Å²) in [5.74, 6) is -1.96. The van der Waals surface area contributed by atoms with Gasteiger partial charge in [-0.05, 0) is 55.2 Å². The van der Waals surface area contributed by atoms with Gasteiger partial charge in [-0.25, -0.2) is 4.39 Å². The summed E-state index contributed by atoms with van der Waals surface area (Å²) in [4.78, 5) is 27.3. The summed E-state index contributed by atoms with van der Waals surface area (Å²) in [6.07, 6.45) is 2.72. The van der Waals surface area contributed by atoms with Gasteiger partial charge in [0.1, 0.15) is 11.6 Å². The smallest absolute Gasteiger partial charge is 0.295 e. The van der Waals surface area contributed by atoms with Crippen LogP contribution in [0.4, 0.5) is 4.39 Å². The van der Waals surface area contributed by atoms with E-state index in [2.05, 4.69) is 6.92 Å². The highest BCUT2D eigenvalue weighted by atomic mass is 19.1. The van der Waals surface area contributed by atoms with E-state index in [0.717, 1.165) is 30.4 Å². The van der Waals surface area contributed by atoms with Gasteiger partial charge in [-0.2, -0.15) is 0 Å². The number of hydrogen-bond acceptors (Lipinski definition) is 3. The molecular formula is C24H26FNO3. The van der Waals surface area contributed by atoms with Crippen LogP contribution in [0.15, 0.2) is 48.0 Å². The van der Waals surface area contributed by atoms with E-state index in [1.807, 2.05) is 31.2 Å². The number of aliphatic hydroxyl groups excluding tert-OH is 1. The minimum Gasteiger partial charge on any atom is -0.507 e. The number of halogens is 1. The molecule has 1 heterocycles. The predicted octanol–water partition coefficient (Wildman–Crippen LogP) is 5.05. The number of rotatable bonds is 6. The van der Waals surface area contributed by atoms with E-state index < -0.39 is 23.5 Å². The van der Waals surface area contributed by atoms with Crippen LogP contribution in [-0.2, 0) is 9.59 Å². The lowest BCUT2D eigenvalue weighted by Gasteiger charge is -2.26. The number of benzene rings is 2. The fourth-order valence-corrected chi connectivity index (χ4v) is 3.81. The quantitative estimate of drug-likeness (QED) is 0.322. The number of carbonyl (C=O) groups excluding carboxylic acids is 2. The first-order valence-corrected chi connectivity index (χ1v) is 9.97. The van der Waals surface area contributed by atoms with E-state index in [1.54, 1.807) is 11.8 Å². The minimum atomic E-state index is -0.700. The zero-order valence-corrected chi connectivity index (χ0v) is 17.0. The third-order valence-corrected chi connectivity index (χ3v) is 5.46. The molecule has 2 aromatic carbocycles. The predicted molar refractivity (Wildman–Crippen MR) is 111 cm³/mol. The number of likely N-dealkylation sites (tertiary alicyclic amines) is 1. The molecule has 4 nitrogen and oxygen atoms in total. The summed E-state index contributed by atoms with van der Waals surface area (Å²) in [6.45, 7) is 6.03. The van der Waals surface area contributed by atoms with Crippen molar-refractivity contribution in [3.8, 4) is 0 Å². The van der Waals surface area contributed by atoms with Crippen molar-refractivity contribution in [3.63, 3.8) is 0 Å². The molecule has 0 aromatic heterocycles. The van der Waals surface area contributed by atoms with Gasteiger partial charge in [0.2, 0.25) is 0 Å². The Balaban J connectivity index is 2.16. The number of amides is 1. The number of carbonyl (C=O) groups is 2. The van der Waals surface area contributed by atoms with Crippen LogP contribution < -0.4 is 0 Å². The lowest BCUT2D eigenvalue weighted by Crippen LogP contribution is -2.31. The zero-order chi connectivity index (χ0) is 21.1. The Morgan fingerprint density at radius 3 is 2.45 bits per heavy atom. The summed E-state index contributed by atoms with van der Waals surface area (Å²) in [5.41, 5.74) is 2.49. The van der Waals surface area contributed by atoms with Crippen LogP contribution in [0.2, 0.25) is 0 Å². The summed E-state index contributed by atoms with van der Waals surface area (Å²) >= 11 is 0. The molecule has 0 radical (unpaired) electrons. The Labute approximate surface area is 170 Å². The second kappa shape index (κ2) is 8.60. The van der Waals surface area contributed by atoms with Crippen LogP contribution >= 0.6 is 0 Å². The Kier molecular flexibility index (Phi) is 6.16. The molecule has 0 saturated carbocycles. The van der Waals surface area contributed by atoms with Gasteiger partial charge in [0.15, 0.2) is 0 Å². The van der Waals surface area contributed by atoms with Crippen molar-refractivity contribution in [2.45, 2.75) is 46.1 Å². The second-order valence-electron chi connectivity index (χ2n) is 7.52. The maximum atomic E-state index is 13.7. The number of ketones is 1. The van der Waals surface area contributed by atoms with Crippen LogP contribution in [-0.4, -0.2) is 28.2 Å². The van der Waals surface area contributed by atoms with Crippen molar-refractivity contribution < 1.29 is 19.1 Å². The molecular weight excluding hydrogens is 369 g/mol. The first-order valence-electron chi connectivity index (χ1n) is 9.97. The maximum absolute atomic E-state index is 13.7. The molecule has 0 spiro atoms. The van der Waals surface area contributed by atoms with E-state index in [9.17, 15) is 19.1 Å². The van der Waals surface area contributed by atoms with Gasteiger partial charge < -0.3 is 10.0 Å². The number of nitrogens with zero attached hydrogens (tertiary/aromatic N) is 1. The normalized spacial score (nSPS) is 18.5. The highest BCUT2D eigenvalue weighted by Crippen LogP contribution is 2.40.